The maximum absolute atomic E-state index is 13.8. The minimum atomic E-state index is -3.81. The molecule has 1 aromatic heterocycles. The smallest absolute Gasteiger partial charge is 0.260 e. The minimum Gasteiger partial charge on any atom is -0.332 e. The van der Waals surface area contributed by atoms with Crippen LogP contribution in [0.25, 0.3) is 11.0 Å². The van der Waals surface area contributed by atoms with Crippen molar-refractivity contribution in [1.29, 1.82) is 0 Å². The standard InChI is InChI=1S/C32H38N4O3S/c1-22-18-26-7-5-15-33-31(26)30(19-22)40(38,39)34-27-13-11-25(12-14-27)32(37)36-17-16-35(20-24-9-10-24)21-29(36)28-8-4-3-6-23(28)2/h3-8,11-15,18,22-24,28-29,34H,9-10,16-17,19-21H2,1-2H3/t22?,23?,28?,29-/m1/s1. The SMILES string of the molecule is CC1C=c2cccnc2=C(S(=O)(=O)Nc2ccc(C(=O)N3CCN(CC4CC4)C[C@@H]3C3C=CC=CC3C)cc2)C1. The number of nitrogens with one attached hydrogen (secondary N) is 1. The lowest BCUT2D eigenvalue weighted by molar-refractivity contribution is 0.0309. The lowest BCUT2D eigenvalue weighted by atomic mass is 9.82. The van der Waals surface area contributed by atoms with E-state index in [-0.39, 0.29) is 23.8 Å². The highest BCUT2D eigenvalue weighted by Crippen LogP contribution is 2.33. The molecule has 1 N–H and O–H groups in total. The highest BCUT2D eigenvalue weighted by atomic mass is 32.2. The molecular formula is C32H38N4O3S. The summed E-state index contributed by atoms with van der Waals surface area (Å²) in [6, 6.07) is 10.7. The number of anilines is 1. The van der Waals surface area contributed by atoms with E-state index in [4.69, 9.17) is 0 Å². The molecule has 3 unspecified atom stereocenters. The second-order valence-corrected chi connectivity index (χ2v) is 13.6. The van der Waals surface area contributed by atoms with Crippen LogP contribution in [0, 0.1) is 23.7 Å². The van der Waals surface area contributed by atoms with E-state index in [1.54, 1.807) is 30.5 Å². The highest BCUT2D eigenvalue weighted by Gasteiger charge is 2.38. The maximum Gasteiger partial charge on any atom is 0.260 e. The summed E-state index contributed by atoms with van der Waals surface area (Å²) in [5.74, 6) is 1.55. The van der Waals surface area contributed by atoms with Gasteiger partial charge in [-0.1, -0.05) is 50.3 Å². The van der Waals surface area contributed by atoms with Crippen molar-refractivity contribution in [1.82, 2.24) is 14.8 Å². The van der Waals surface area contributed by atoms with Gasteiger partial charge in [0.25, 0.3) is 15.9 Å². The Morgan fingerprint density at radius 3 is 2.58 bits per heavy atom. The van der Waals surface area contributed by atoms with Crippen molar-refractivity contribution in [3.8, 4) is 0 Å². The Kier molecular flexibility index (Phi) is 7.40. The van der Waals surface area contributed by atoms with Gasteiger partial charge in [0.15, 0.2) is 0 Å². The van der Waals surface area contributed by atoms with Crippen LogP contribution in [0.15, 0.2) is 66.9 Å². The van der Waals surface area contributed by atoms with Crippen molar-refractivity contribution in [3.63, 3.8) is 0 Å². The van der Waals surface area contributed by atoms with Gasteiger partial charge in [0.1, 0.15) is 0 Å². The zero-order valence-electron chi connectivity index (χ0n) is 23.2. The van der Waals surface area contributed by atoms with Crippen LogP contribution in [0.4, 0.5) is 5.69 Å². The molecule has 6 rings (SSSR count). The summed E-state index contributed by atoms with van der Waals surface area (Å²) in [6.07, 6.45) is 15.4. The summed E-state index contributed by atoms with van der Waals surface area (Å²) in [5, 5.41) is 1.35. The third kappa shape index (κ3) is 5.65. The zero-order valence-corrected chi connectivity index (χ0v) is 24.1. The summed E-state index contributed by atoms with van der Waals surface area (Å²) in [6.45, 7) is 7.84. The molecule has 2 fully saturated rings. The van der Waals surface area contributed by atoms with Gasteiger partial charge in [-0.2, -0.15) is 0 Å². The number of rotatable bonds is 7. The van der Waals surface area contributed by atoms with E-state index in [9.17, 15) is 13.2 Å². The van der Waals surface area contributed by atoms with Gasteiger partial charge in [-0.3, -0.25) is 19.4 Å². The number of fused-ring (bicyclic) bond motifs is 1. The molecule has 210 valence electrons. The Morgan fingerprint density at radius 2 is 1.82 bits per heavy atom. The molecule has 40 heavy (non-hydrogen) atoms. The van der Waals surface area contributed by atoms with Gasteiger partial charge >= 0.3 is 0 Å². The van der Waals surface area contributed by atoms with Gasteiger partial charge in [-0.25, -0.2) is 8.42 Å². The second kappa shape index (κ2) is 11.0. The normalized spacial score (nSPS) is 26.8. The predicted molar refractivity (Wildman–Crippen MR) is 159 cm³/mol. The monoisotopic (exact) mass is 558 g/mol. The third-order valence-electron chi connectivity index (χ3n) is 8.67. The maximum atomic E-state index is 13.8. The summed E-state index contributed by atoms with van der Waals surface area (Å²) in [7, 11) is -3.81. The van der Waals surface area contributed by atoms with Crippen LogP contribution in [0.3, 0.4) is 0 Å². The first-order valence-electron chi connectivity index (χ1n) is 14.5. The fourth-order valence-corrected chi connectivity index (χ4v) is 7.81. The van der Waals surface area contributed by atoms with Crippen molar-refractivity contribution in [2.45, 2.75) is 39.2 Å². The van der Waals surface area contributed by atoms with Crippen molar-refractivity contribution >= 4 is 32.6 Å². The lowest BCUT2D eigenvalue weighted by Crippen LogP contribution is -2.58. The molecule has 1 aromatic carbocycles. The molecule has 7 nitrogen and oxygen atoms in total. The molecule has 1 saturated heterocycles. The molecule has 1 saturated carbocycles. The fraction of sp³-hybridized carbons (Fsp3) is 0.438. The van der Waals surface area contributed by atoms with Gasteiger partial charge in [0.2, 0.25) is 0 Å². The minimum absolute atomic E-state index is 0.00442. The van der Waals surface area contributed by atoms with Crippen LogP contribution in [0.5, 0.6) is 0 Å². The van der Waals surface area contributed by atoms with Gasteiger partial charge in [0.05, 0.1) is 16.3 Å². The van der Waals surface area contributed by atoms with Crippen molar-refractivity contribution < 1.29 is 13.2 Å². The number of hydrogen-bond donors (Lipinski definition) is 1. The lowest BCUT2D eigenvalue weighted by Gasteiger charge is -2.46. The van der Waals surface area contributed by atoms with E-state index >= 15 is 0 Å². The van der Waals surface area contributed by atoms with Crippen LogP contribution in [0.1, 0.15) is 43.5 Å². The molecule has 8 heteroatoms. The molecule has 0 radical (unpaired) electrons. The Bertz CT molecular complexity index is 1560. The van der Waals surface area contributed by atoms with Crippen LogP contribution in [-0.2, 0) is 10.0 Å². The number of carbonyl (C=O) groups excluding carboxylic acids is 1. The quantitative estimate of drug-likeness (QED) is 0.564. The topological polar surface area (TPSA) is 82.6 Å². The van der Waals surface area contributed by atoms with Gasteiger partial charge < -0.3 is 4.90 Å². The molecule has 2 aromatic rings. The molecule has 1 amide bonds. The summed E-state index contributed by atoms with van der Waals surface area (Å²) < 4.78 is 29.5. The third-order valence-corrected chi connectivity index (χ3v) is 10.2. The summed E-state index contributed by atoms with van der Waals surface area (Å²) >= 11 is 0. The van der Waals surface area contributed by atoms with Crippen molar-refractivity contribution in [2.24, 2.45) is 23.7 Å². The molecule has 0 spiro atoms. The second-order valence-electron chi connectivity index (χ2n) is 11.9. The molecule has 4 atom stereocenters. The number of amides is 1. The largest absolute Gasteiger partial charge is 0.332 e. The molecule has 4 aliphatic rings. The highest BCUT2D eigenvalue weighted by molar-refractivity contribution is 8.01. The molecule has 2 heterocycles. The number of sulfonamides is 1. The number of hydrogen-bond acceptors (Lipinski definition) is 5. The van der Waals surface area contributed by atoms with E-state index in [1.807, 2.05) is 24.0 Å². The van der Waals surface area contributed by atoms with Crippen LogP contribution < -0.4 is 15.3 Å². The molecule has 3 aliphatic carbocycles. The predicted octanol–water partition coefficient (Wildman–Crippen LogP) is 3.37. The number of piperazine rings is 1. The van der Waals surface area contributed by atoms with Crippen LogP contribution in [0.2, 0.25) is 0 Å². The first kappa shape index (κ1) is 27.0. The van der Waals surface area contributed by atoms with Gasteiger partial charge in [0, 0.05) is 49.5 Å². The van der Waals surface area contributed by atoms with Crippen LogP contribution >= 0.6 is 0 Å². The molecule has 1 aliphatic heterocycles. The van der Waals surface area contributed by atoms with E-state index in [1.165, 1.54) is 12.8 Å². The van der Waals surface area contributed by atoms with E-state index in [2.05, 4.69) is 51.9 Å². The number of nitrogens with zero attached hydrogens (tertiary/aromatic N) is 3. The first-order chi connectivity index (χ1) is 19.3. The Labute approximate surface area is 237 Å². The van der Waals surface area contributed by atoms with Crippen molar-refractivity contribution in [3.05, 3.63) is 83.0 Å². The number of benzene rings is 1. The fourth-order valence-electron chi connectivity index (χ4n) is 6.34. The van der Waals surface area contributed by atoms with Gasteiger partial charge in [-0.05, 0) is 72.6 Å². The van der Waals surface area contributed by atoms with E-state index in [0.29, 0.717) is 40.4 Å². The summed E-state index contributed by atoms with van der Waals surface area (Å²) in [5.41, 5.74) is 1.01. The molecule has 0 bridgehead atoms. The van der Waals surface area contributed by atoms with Gasteiger partial charge in [-0.15, -0.1) is 0 Å². The van der Waals surface area contributed by atoms with Crippen LogP contribution in [-0.4, -0.2) is 61.3 Å². The number of aromatic nitrogens is 1. The van der Waals surface area contributed by atoms with E-state index < -0.39 is 10.0 Å². The Balaban J connectivity index is 1.21. The molecular weight excluding hydrogens is 520 g/mol. The summed E-state index contributed by atoms with van der Waals surface area (Å²) in [4.78, 5) is 23.1. The number of allylic oxidation sites excluding steroid dienone is 3. The first-order valence-corrected chi connectivity index (χ1v) is 15.9. The zero-order chi connectivity index (χ0) is 27.9. The Morgan fingerprint density at radius 1 is 1.05 bits per heavy atom. The average molecular weight is 559 g/mol. The number of carbonyl (C=O) groups is 1. The number of pyridine rings is 1. The average Bonchev–Trinajstić information content (AvgIpc) is 3.77. The van der Waals surface area contributed by atoms with Crippen molar-refractivity contribution in [2.75, 3.05) is 30.9 Å². The Hall–Kier alpha value is -3.23. The van der Waals surface area contributed by atoms with E-state index in [0.717, 1.165) is 30.8 Å².